The highest BCUT2D eigenvalue weighted by molar-refractivity contribution is 9.10. The molecule has 4 nitrogen and oxygen atoms in total. The van der Waals surface area contributed by atoms with Gasteiger partial charge in [-0.2, -0.15) is 0 Å². The molecule has 0 saturated heterocycles. The summed E-state index contributed by atoms with van der Waals surface area (Å²) in [6.07, 6.45) is 0. The van der Waals surface area contributed by atoms with Crippen LogP contribution in [0.15, 0.2) is 45.8 Å². The molecule has 0 amide bonds. The van der Waals surface area contributed by atoms with Crippen LogP contribution in [-0.4, -0.2) is 8.42 Å². The highest BCUT2D eigenvalue weighted by Gasteiger charge is 2.16. The normalized spacial score (nSPS) is 11.3. The lowest BCUT2D eigenvalue weighted by Gasteiger charge is -2.10. The second-order valence-corrected chi connectivity index (χ2v) is 7.36. The molecule has 0 radical (unpaired) electrons. The van der Waals surface area contributed by atoms with Crippen LogP contribution < -0.4 is 10.5 Å². The van der Waals surface area contributed by atoms with E-state index in [9.17, 15) is 8.42 Å². The maximum absolute atomic E-state index is 12.2. The van der Waals surface area contributed by atoms with E-state index in [0.29, 0.717) is 15.8 Å². The molecule has 2 rings (SSSR count). The molecule has 0 spiro atoms. The molecular weight excluding hydrogens is 387 g/mol. The lowest BCUT2D eigenvalue weighted by molar-refractivity contribution is 0.601. The van der Waals surface area contributed by atoms with Gasteiger partial charge in [-0.25, -0.2) is 8.42 Å². The fourth-order valence-electron chi connectivity index (χ4n) is 1.50. The van der Waals surface area contributed by atoms with Gasteiger partial charge in [-0.3, -0.25) is 4.72 Å². The number of hydrogen-bond donors (Lipinski definition) is 2. The predicted molar refractivity (Wildman–Crippen MR) is 85.8 cm³/mol. The zero-order valence-corrected chi connectivity index (χ0v) is 13.8. The molecule has 0 atom stereocenters. The predicted octanol–water partition coefficient (Wildman–Crippen LogP) is 4.14. The number of rotatable bonds is 3. The summed E-state index contributed by atoms with van der Waals surface area (Å²) < 4.78 is 27.5. The van der Waals surface area contributed by atoms with E-state index >= 15 is 0 Å². The first kappa shape index (κ1) is 15.4. The number of nitrogens with one attached hydrogen (secondary N) is 1. The van der Waals surface area contributed by atoms with Crippen molar-refractivity contribution in [1.82, 2.24) is 0 Å². The standard InChI is InChI=1S/C12H9BrCl2N2O2S/c13-11-2-1-9(6-12(11)16)17-20(18,19)10-4-7(14)3-8(15)5-10/h1-6,17H,16H2. The van der Waals surface area contributed by atoms with Crippen LogP contribution in [-0.2, 0) is 10.0 Å². The van der Waals surface area contributed by atoms with Crippen molar-refractivity contribution in [3.63, 3.8) is 0 Å². The molecule has 0 aliphatic heterocycles. The first-order valence-corrected chi connectivity index (χ1v) is 8.35. The van der Waals surface area contributed by atoms with Crippen LogP contribution in [0.2, 0.25) is 10.0 Å². The minimum absolute atomic E-state index is 0.0171. The maximum atomic E-state index is 12.2. The first-order chi connectivity index (χ1) is 9.28. The van der Waals surface area contributed by atoms with Gasteiger partial charge in [0.15, 0.2) is 0 Å². The molecule has 0 heterocycles. The first-order valence-electron chi connectivity index (χ1n) is 5.32. The molecule has 8 heteroatoms. The van der Waals surface area contributed by atoms with Gasteiger partial charge >= 0.3 is 0 Å². The summed E-state index contributed by atoms with van der Waals surface area (Å²) in [7, 11) is -3.78. The van der Waals surface area contributed by atoms with Crippen molar-refractivity contribution in [2.45, 2.75) is 4.90 Å². The minimum Gasteiger partial charge on any atom is -0.398 e. The van der Waals surface area contributed by atoms with E-state index in [1.807, 2.05) is 0 Å². The van der Waals surface area contributed by atoms with Gasteiger partial charge in [-0.1, -0.05) is 23.2 Å². The summed E-state index contributed by atoms with van der Waals surface area (Å²) in [6.45, 7) is 0. The molecule has 0 fully saturated rings. The van der Waals surface area contributed by atoms with Crippen LogP contribution in [0.25, 0.3) is 0 Å². The van der Waals surface area contributed by atoms with Crippen molar-refractivity contribution >= 4 is 60.5 Å². The molecule has 106 valence electrons. The Morgan fingerprint density at radius 1 is 1.05 bits per heavy atom. The summed E-state index contributed by atoms with van der Waals surface area (Å²) >= 11 is 14.8. The fourth-order valence-corrected chi connectivity index (χ4v) is 3.53. The Morgan fingerprint density at radius 2 is 1.65 bits per heavy atom. The van der Waals surface area contributed by atoms with Gasteiger partial charge in [0.2, 0.25) is 0 Å². The van der Waals surface area contributed by atoms with Gasteiger partial charge in [0.25, 0.3) is 10.0 Å². The van der Waals surface area contributed by atoms with Crippen molar-refractivity contribution in [3.8, 4) is 0 Å². The van der Waals surface area contributed by atoms with Crippen molar-refractivity contribution in [1.29, 1.82) is 0 Å². The zero-order valence-electron chi connectivity index (χ0n) is 9.90. The summed E-state index contributed by atoms with van der Waals surface area (Å²) in [5.41, 5.74) is 6.48. The van der Waals surface area contributed by atoms with Gasteiger partial charge in [0.1, 0.15) is 0 Å². The Morgan fingerprint density at radius 3 is 2.20 bits per heavy atom. The van der Waals surface area contributed by atoms with E-state index in [-0.39, 0.29) is 14.9 Å². The summed E-state index contributed by atoms with van der Waals surface area (Å²) in [6, 6.07) is 8.84. The molecule has 3 N–H and O–H groups in total. The Balaban J connectivity index is 2.37. The molecule has 20 heavy (non-hydrogen) atoms. The van der Waals surface area contributed by atoms with Crippen molar-refractivity contribution < 1.29 is 8.42 Å². The van der Waals surface area contributed by atoms with Crippen LogP contribution in [0.3, 0.4) is 0 Å². The smallest absolute Gasteiger partial charge is 0.261 e. The third-order valence-corrected chi connectivity index (χ3v) is 4.91. The van der Waals surface area contributed by atoms with E-state index in [1.165, 1.54) is 24.3 Å². The van der Waals surface area contributed by atoms with Gasteiger partial charge in [-0.15, -0.1) is 0 Å². The van der Waals surface area contributed by atoms with Crippen LogP contribution >= 0.6 is 39.1 Å². The highest BCUT2D eigenvalue weighted by atomic mass is 79.9. The molecule has 0 aliphatic rings. The zero-order chi connectivity index (χ0) is 14.9. The van der Waals surface area contributed by atoms with Crippen molar-refractivity contribution in [2.75, 3.05) is 10.5 Å². The van der Waals surface area contributed by atoms with Crippen molar-refractivity contribution in [3.05, 3.63) is 50.9 Å². The SMILES string of the molecule is Nc1cc(NS(=O)(=O)c2cc(Cl)cc(Cl)c2)ccc1Br. The monoisotopic (exact) mass is 394 g/mol. The molecule has 0 unspecified atom stereocenters. The number of benzene rings is 2. The second kappa shape index (κ2) is 5.81. The molecule has 0 aromatic heterocycles. The maximum Gasteiger partial charge on any atom is 0.261 e. The summed E-state index contributed by atoms with van der Waals surface area (Å²) in [4.78, 5) is -0.0171. The van der Waals surface area contributed by atoms with Gasteiger partial charge in [0.05, 0.1) is 10.6 Å². The third kappa shape index (κ3) is 3.58. The van der Waals surface area contributed by atoms with E-state index in [4.69, 9.17) is 28.9 Å². The third-order valence-electron chi connectivity index (χ3n) is 2.39. The Kier molecular flexibility index (Phi) is 4.49. The average Bonchev–Trinajstić information content (AvgIpc) is 2.32. The lowest BCUT2D eigenvalue weighted by atomic mass is 10.3. The van der Waals surface area contributed by atoms with Crippen molar-refractivity contribution in [2.24, 2.45) is 0 Å². The van der Waals surface area contributed by atoms with Crippen LogP contribution in [0.4, 0.5) is 11.4 Å². The molecule has 0 bridgehead atoms. The highest BCUT2D eigenvalue weighted by Crippen LogP contribution is 2.27. The van der Waals surface area contributed by atoms with E-state index in [1.54, 1.807) is 12.1 Å². The molecule has 0 aliphatic carbocycles. The Bertz CT molecular complexity index is 746. The summed E-state index contributed by atoms with van der Waals surface area (Å²) in [5.74, 6) is 0. The van der Waals surface area contributed by atoms with Crippen LogP contribution in [0.5, 0.6) is 0 Å². The molecule has 2 aromatic rings. The van der Waals surface area contributed by atoms with Gasteiger partial charge in [-0.05, 0) is 52.3 Å². The largest absolute Gasteiger partial charge is 0.398 e. The van der Waals surface area contributed by atoms with E-state index in [2.05, 4.69) is 20.7 Å². The van der Waals surface area contributed by atoms with Gasteiger partial charge in [0, 0.05) is 20.2 Å². The number of hydrogen-bond acceptors (Lipinski definition) is 3. The molecule has 2 aromatic carbocycles. The number of halogens is 3. The quantitative estimate of drug-likeness (QED) is 0.767. The van der Waals surface area contributed by atoms with Crippen LogP contribution in [0.1, 0.15) is 0 Å². The van der Waals surface area contributed by atoms with E-state index in [0.717, 1.165) is 0 Å². The van der Waals surface area contributed by atoms with Gasteiger partial charge < -0.3 is 5.73 Å². The minimum atomic E-state index is -3.78. The summed E-state index contributed by atoms with van der Waals surface area (Å²) in [5, 5.41) is 0.487. The average molecular weight is 396 g/mol. The lowest BCUT2D eigenvalue weighted by Crippen LogP contribution is -2.13. The Labute approximate surface area is 135 Å². The second-order valence-electron chi connectivity index (χ2n) is 3.95. The number of anilines is 2. The van der Waals surface area contributed by atoms with E-state index < -0.39 is 10.0 Å². The number of sulfonamides is 1. The Hall–Kier alpha value is -0.950. The topological polar surface area (TPSA) is 72.2 Å². The fraction of sp³-hybridized carbons (Fsp3) is 0. The molecular formula is C12H9BrCl2N2O2S. The molecule has 0 saturated carbocycles. The number of nitrogen functional groups attached to an aromatic ring is 1. The van der Waals surface area contributed by atoms with Crippen LogP contribution in [0, 0.1) is 0 Å². The number of nitrogens with two attached hydrogens (primary N) is 1.